The lowest BCUT2D eigenvalue weighted by Gasteiger charge is -2.03. The van der Waals surface area contributed by atoms with E-state index in [9.17, 15) is 4.91 Å². The first-order valence-corrected chi connectivity index (χ1v) is 4.16. The molecule has 0 bridgehead atoms. The summed E-state index contributed by atoms with van der Waals surface area (Å²) in [5, 5.41) is 5.63. The Labute approximate surface area is 78.5 Å². The Hall–Kier alpha value is -0.970. The number of hydrogen-bond acceptors (Lipinski definition) is 4. The fraction of sp³-hybridized carbons (Fsp3) is 0.286. The first-order valence-electron chi connectivity index (χ1n) is 3.37. The molecule has 0 atom stereocenters. The Kier molecular flexibility index (Phi) is 2.75. The molecule has 4 nitrogen and oxygen atoms in total. The summed E-state index contributed by atoms with van der Waals surface area (Å²) in [6.07, 6.45) is 0. The van der Waals surface area contributed by atoms with Crippen molar-refractivity contribution in [3.8, 4) is 0 Å². The van der Waals surface area contributed by atoms with Gasteiger partial charge in [0.2, 0.25) is 0 Å². The Morgan fingerprint density at radius 2 is 2.33 bits per heavy atom. The second-order valence-electron chi connectivity index (χ2n) is 2.26. The van der Waals surface area contributed by atoms with E-state index in [1.165, 1.54) is 0 Å². The molecular formula is C7H8BrN3O. The number of aryl methyl sites for hydroxylation is 1. The van der Waals surface area contributed by atoms with Gasteiger partial charge in [0.25, 0.3) is 0 Å². The van der Waals surface area contributed by atoms with Crippen LogP contribution in [0.2, 0.25) is 0 Å². The van der Waals surface area contributed by atoms with Crippen LogP contribution in [-0.2, 0) is 0 Å². The van der Waals surface area contributed by atoms with Crippen LogP contribution in [0, 0.1) is 11.8 Å². The van der Waals surface area contributed by atoms with Gasteiger partial charge in [0.05, 0.1) is 5.69 Å². The molecule has 0 aromatic carbocycles. The number of anilines is 1. The molecule has 0 radical (unpaired) electrons. The van der Waals surface area contributed by atoms with E-state index >= 15 is 0 Å². The minimum Gasteiger partial charge on any atom is -0.371 e. The molecule has 5 heteroatoms. The van der Waals surface area contributed by atoms with Gasteiger partial charge in [-0.3, -0.25) is 0 Å². The van der Waals surface area contributed by atoms with Crippen LogP contribution in [0.25, 0.3) is 0 Å². The highest BCUT2D eigenvalue weighted by atomic mass is 79.9. The highest BCUT2D eigenvalue weighted by molar-refractivity contribution is 9.10. The largest absolute Gasteiger partial charge is 0.371 e. The summed E-state index contributed by atoms with van der Waals surface area (Å²) in [7, 11) is 1.70. The Balaban J connectivity index is 3.28. The van der Waals surface area contributed by atoms with Crippen molar-refractivity contribution in [3.05, 3.63) is 21.1 Å². The van der Waals surface area contributed by atoms with Crippen molar-refractivity contribution in [1.29, 1.82) is 0 Å². The molecule has 1 N–H and O–H groups in total. The zero-order chi connectivity index (χ0) is 9.14. The van der Waals surface area contributed by atoms with Crippen molar-refractivity contribution in [2.45, 2.75) is 6.92 Å². The summed E-state index contributed by atoms with van der Waals surface area (Å²) in [5.41, 5.74) is 1.14. The van der Waals surface area contributed by atoms with Crippen molar-refractivity contribution in [2.24, 2.45) is 5.18 Å². The molecule has 1 aromatic rings. The quantitative estimate of drug-likeness (QED) is 0.794. The Morgan fingerprint density at radius 3 is 2.83 bits per heavy atom. The molecule has 1 aromatic heterocycles. The molecule has 0 amide bonds. The van der Waals surface area contributed by atoms with Gasteiger partial charge in [-0.1, -0.05) is 0 Å². The molecule has 0 aliphatic rings. The fourth-order valence-electron chi connectivity index (χ4n) is 0.825. The summed E-state index contributed by atoms with van der Waals surface area (Å²) in [6.45, 7) is 1.85. The minimum atomic E-state index is 0.315. The minimum absolute atomic E-state index is 0.315. The molecule has 0 unspecified atom stereocenters. The van der Waals surface area contributed by atoms with Crippen LogP contribution >= 0.6 is 15.9 Å². The highest BCUT2D eigenvalue weighted by Gasteiger charge is 2.05. The van der Waals surface area contributed by atoms with E-state index in [1.54, 1.807) is 13.1 Å². The summed E-state index contributed by atoms with van der Waals surface area (Å²) in [5.74, 6) is 0.505. The number of nitroso groups, excluding NO2 is 1. The van der Waals surface area contributed by atoms with Gasteiger partial charge in [-0.25, -0.2) is 4.98 Å². The zero-order valence-corrected chi connectivity index (χ0v) is 8.34. The molecule has 0 aliphatic heterocycles. The van der Waals surface area contributed by atoms with Crippen molar-refractivity contribution < 1.29 is 0 Å². The normalized spacial score (nSPS) is 9.58. The van der Waals surface area contributed by atoms with Crippen LogP contribution in [0.1, 0.15) is 5.69 Å². The molecule has 0 aliphatic carbocycles. The number of aromatic nitrogens is 1. The number of hydrogen-bond donors (Lipinski definition) is 1. The van der Waals surface area contributed by atoms with E-state index in [0.717, 1.165) is 10.2 Å². The Morgan fingerprint density at radius 1 is 1.67 bits per heavy atom. The molecule has 0 spiro atoms. The summed E-state index contributed by atoms with van der Waals surface area (Å²) >= 11 is 3.26. The van der Waals surface area contributed by atoms with E-state index in [4.69, 9.17) is 0 Å². The second-order valence-corrected chi connectivity index (χ2v) is 3.12. The third-order valence-corrected chi connectivity index (χ3v) is 2.27. The molecular weight excluding hydrogens is 222 g/mol. The van der Waals surface area contributed by atoms with E-state index < -0.39 is 0 Å². The molecule has 12 heavy (non-hydrogen) atoms. The summed E-state index contributed by atoms with van der Waals surface area (Å²) in [4.78, 5) is 14.4. The highest BCUT2D eigenvalue weighted by Crippen LogP contribution is 2.27. The van der Waals surface area contributed by atoms with Crippen LogP contribution in [0.15, 0.2) is 15.7 Å². The number of nitrogens with one attached hydrogen (secondary N) is 1. The van der Waals surface area contributed by atoms with Gasteiger partial charge in [0, 0.05) is 11.5 Å². The monoisotopic (exact) mass is 229 g/mol. The van der Waals surface area contributed by atoms with Gasteiger partial charge in [-0.05, 0) is 34.1 Å². The van der Waals surface area contributed by atoms with Crippen LogP contribution in [0.4, 0.5) is 11.5 Å². The summed E-state index contributed by atoms with van der Waals surface area (Å²) < 4.78 is 0.788. The lowest BCUT2D eigenvalue weighted by Crippen LogP contribution is -1.94. The predicted octanol–water partition coefficient (Wildman–Crippen LogP) is 2.59. The first kappa shape index (κ1) is 9.12. The third kappa shape index (κ3) is 1.61. The van der Waals surface area contributed by atoms with Gasteiger partial charge in [-0.2, -0.15) is 0 Å². The van der Waals surface area contributed by atoms with Crippen molar-refractivity contribution >= 4 is 27.4 Å². The Bertz CT molecular complexity index is 314. The van der Waals surface area contributed by atoms with E-state index in [1.807, 2.05) is 6.92 Å². The maximum Gasteiger partial charge on any atom is 0.155 e. The van der Waals surface area contributed by atoms with Gasteiger partial charge >= 0.3 is 0 Å². The predicted molar refractivity (Wildman–Crippen MR) is 51.7 cm³/mol. The van der Waals surface area contributed by atoms with Crippen LogP contribution < -0.4 is 5.32 Å². The van der Waals surface area contributed by atoms with Crippen molar-refractivity contribution in [1.82, 2.24) is 4.98 Å². The van der Waals surface area contributed by atoms with E-state index in [-0.39, 0.29) is 0 Å². The maximum absolute atomic E-state index is 10.3. The molecule has 0 saturated heterocycles. The average Bonchev–Trinajstić information content (AvgIpc) is 2.09. The number of rotatable bonds is 2. The molecule has 0 saturated carbocycles. The fourth-order valence-corrected chi connectivity index (χ4v) is 1.13. The summed E-state index contributed by atoms with van der Waals surface area (Å²) in [6, 6.07) is 1.64. The third-order valence-electron chi connectivity index (χ3n) is 1.47. The van der Waals surface area contributed by atoms with Crippen LogP contribution in [0.5, 0.6) is 0 Å². The number of halogens is 1. The van der Waals surface area contributed by atoms with Gasteiger partial charge in [0.1, 0.15) is 0 Å². The van der Waals surface area contributed by atoms with Crippen molar-refractivity contribution in [2.75, 3.05) is 12.4 Å². The standard InChI is InChI=1S/C7H8BrN3O/c1-4-5(8)3-6(11-12)7(9-2)10-4/h3H,1-2H3,(H,9,10). The van der Waals surface area contributed by atoms with E-state index in [2.05, 4.69) is 31.4 Å². The van der Waals surface area contributed by atoms with E-state index in [0.29, 0.717) is 11.5 Å². The van der Waals surface area contributed by atoms with Crippen molar-refractivity contribution in [3.63, 3.8) is 0 Å². The molecule has 64 valence electrons. The van der Waals surface area contributed by atoms with Gasteiger partial charge < -0.3 is 5.32 Å². The second kappa shape index (κ2) is 3.62. The number of nitrogens with zero attached hydrogens (tertiary/aromatic N) is 2. The SMILES string of the molecule is CNc1nc(C)c(Br)cc1N=O. The smallest absolute Gasteiger partial charge is 0.155 e. The zero-order valence-electron chi connectivity index (χ0n) is 6.76. The molecule has 1 heterocycles. The van der Waals surface area contributed by atoms with Gasteiger partial charge in [0.15, 0.2) is 11.5 Å². The number of pyridine rings is 1. The topological polar surface area (TPSA) is 54.4 Å². The van der Waals surface area contributed by atoms with Crippen LogP contribution in [0.3, 0.4) is 0 Å². The lowest BCUT2D eigenvalue weighted by molar-refractivity contribution is 1.16. The average molecular weight is 230 g/mol. The molecule has 0 fully saturated rings. The van der Waals surface area contributed by atoms with Gasteiger partial charge in [-0.15, -0.1) is 4.91 Å². The van der Waals surface area contributed by atoms with Crippen LogP contribution in [-0.4, -0.2) is 12.0 Å². The first-order chi connectivity index (χ1) is 5.69. The maximum atomic E-state index is 10.3. The molecule has 1 rings (SSSR count). The lowest BCUT2D eigenvalue weighted by atomic mass is 10.3.